The average Bonchev–Trinajstić information content (AvgIpc) is 3.46. The van der Waals surface area contributed by atoms with Gasteiger partial charge in [-0.1, -0.05) is 0 Å². The van der Waals surface area contributed by atoms with E-state index in [2.05, 4.69) is 41.5 Å². The molecule has 492 valence electrons. The molecule has 0 saturated heterocycles. The van der Waals surface area contributed by atoms with Gasteiger partial charge in [0.1, 0.15) is 0 Å². The molecule has 0 bridgehead atoms. The van der Waals surface area contributed by atoms with Gasteiger partial charge >= 0.3 is 517 Å². The number of hydrogen-bond donors (Lipinski definition) is 0. The van der Waals surface area contributed by atoms with E-state index in [9.17, 15) is 0 Å². The zero-order valence-corrected chi connectivity index (χ0v) is 66.3. The Morgan fingerprint density at radius 1 is 0.145 bits per heavy atom. The van der Waals surface area contributed by atoms with Crippen LogP contribution in [0.25, 0.3) is 0 Å². The summed E-state index contributed by atoms with van der Waals surface area (Å²) in [6.45, 7) is 13.8. The predicted molar refractivity (Wildman–Crippen MR) is 369 cm³/mol. The van der Waals surface area contributed by atoms with Crippen LogP contribution in [0.15, 0.2) is 0 Å². The smallest absolute Gasteiger partial charge is 0.907 e. The Kier molecular flexibility index (Phi) is 111. The molecule has 0 spiro atoms. The van der Waals surface area contributed by atoms with Crippen LogP contribution in [0.5, 0.6) is 0 Å². The van der Waals surface area contributed by atoms with Gasteiger partial charge in [0.2, 0.25) is 0 Å². The molecular weight excluding hydrogens is 1340 g/mol. The van der Waals surface area contributed by atoms with Crippen LogP contribution in [-0.4, -0.2) is 78.1 Å². The minimum atomic E-state index is -2.92. The first-order valence-electron chi connectivity index (χ1n) is 37.8. The van der Waals surface area contributed by atoms with Gasteiger partial charge in [-0.05, 0) is 0 Å². The predicted octanol–water partition coefficient (Wildman–Crippen LogP) is 20.2. The molecule has 0 radical (unpaired) electrons. The van der Waals surface area contributed by atoms with Crippen LogP contribution in [0.4, 0.5) is 0 Å². The van der Waals surface area contributed by atoms with Crippen LogP contribution in [0.1, 0.15) is 427 Å². The first-order chi connectivity index (χ1) is 40.7. The quantitative estimate of drug-likeness (QED) is 0.0439. The summed E-state index contributed by atoms with van der Waals surface area (Å²) in [6.07, 6.45) is 89.5. The molecule has 0 amide bonds. The molecule has 83 heavy (non-hydrogen) atoms. The normalized spacial score (nSPS) is 10.6. The molecule has 0 unspecified atom stereocenters. The van der Waals surface area contributed by atoms with Crippen molar-refractivity contribution in [3.63, 3.8) is 0 Å². The minimum absolute atomic E-state index is 0.0377. The van der Waals surface area contributed by atoms with Crippen molar-refractivity contribution in [3.8, 4) is 0 Å². The molecule has 0 aromatic carbocycles. The Morgan fingerprint density at radius 3 is 0.301 bits per heavy atom. The number of hydrogen-bond acceptors (Lipinski definition) is 6. The summed E-state index contributed by atoms with van der Waals surface area (Å²) >= 11 is 0.113. The van der Waals surface area contributed by atoms with Crippen LogP contribution in [0.2, 0.25) is 26.6 Å². The van der Waals surface area contributed by atoms with E-state index in [0.717, 1.165) is 0 Å². The van der Waals surface area contributed by atoms with Gasteiger partial charge in [0, 0.05) is 0 Å². The van der Waals surface area contributed by atoms with Gasteiger partial charge in [-0.15, -0.1) is 0 Å². The summed E-state index contributed by atoms with van der Waals surface area (Å²) in [7, 11) is -5.83. The van der Waals surface area contributed by atoms with E-state index in [1.54, 1.807) is 65.1 Å². The molecule has 0 rings (SSSR count). The standard InChI is InChI=1S/6C12H25.2BO3.3Sn/c6*1-3-5-7-9-11-12-10-8-6-4-2;2*2-1(3)4;;;/h6*1,3-12H2,2H3;;;;;/q;;;;;;2*-3;3*+2. The van der Waals surface area contributed by atoms with E-state index in [0.29, 0.717) is 0 Å². The zero-order chi connectivity index (χ0) is 61.9. The van der Waals surface area contributed by atoms with E-state index in [-0.39, 0.29) is 63.4 Å². The molecule has 0 atom stereocenters. The molecule has 0 aromatic rings. The summed E-state index contributed by atoms with van der Waals surface area (Å²) in [5, 5.41) is 50.5. The number of rotatable bonds is 66. The van der Waals surface area contributed by atoms with Crippen LogP contribution < -0.4 is 30.1 Å². The SMILES string of the molecule is CCCCCCCCCCC[CH2][Sn+2][CH2]CCCCCCCCCCC.CCCCCCCCCCC[CH2][Sn+2][CH2]CCCCCCCCCCC.CCCCCCCCCCC[CH2][Sn+2][CH2]CCCCCCCCCCC.[O-]B([O-])[O-].[O-]B([O-])[O-]. The first kappa shape index (κ1) is 94.0. The molecule has 0 aliphatic heterocycles. The Hall–Kier alpha value is 2.29. The van der Waals surface area contributed by atoms with E-state index >= 15 is 0 Å². The van der Waals surface area contributed by atoms with Gasteiger partial charge in [0.05, 0.1) is 0 Å². The van der Waals surface area contributed by atoms with Gasteiger partial charge in [-0.2, -0.15) is 0 Å². The topological polar surface area (TPSA) is 138 Å². The van der Waals surface area contributed by atoms with Crippen molar-refractivity contribution >= 4 is 78.1 Å². The maximum absolute atomic E-state index is 8.42. The second-order valence-electron chi connectivity index (χ2n) is 24.9. The Labute approximate surface area is 556 Å². The van der Waals surface area contributed by atoms with Crippen LogP contribution in [0, 0.1) is 0 Å². The second kappa shape index (κ2) is 97.9. The van der Waals surface area contributed by atoms with E-state index in [1.807, 2.05) is 0 Å². The molecule has 0 aromatic heterocycles. The van der Waals surface area contributed by atoms with Crippen LogP contribution in [0.3, 0.4) is 0 Å². The zero-order valence-electron chi connectivity index (χ0n) is 57.8. The first-order valence-corrected chi connectivity index (χ1v) is 49.9. The summed E-state index contributed by atoms with van der Waals surface area (Å²) in [4.78, 5) is 0. The van der Waals surface area contributed by atoms with E-state index < -0.39 is 14.6 Å². The number of unbranched alkanes of at least 4 members (excludes halogenated alkanes) is 54. The minimum Gasteiger partial charge on any atom is -0.907 e. The third-order valence-electron chi connectivity index (χ3n) is 16.2. The molecule has 11 heteroatoms. The Balaban J connectivity index is -0.000000343. The van der Waals surface area contributed by atoms with Crippen molar-refractivity contribution in [1.29, 1.82) is 0 Å². The maximum atomic E-state index is 8.42. The Bertz CT molecular complexity index is 806. The Morgan fingerprint density at radius 2 is 0.217 bits per heavy atom. The summed E-state index contributed by atoms with van der Waals surface area (Å²) in [6, 6.07) is 0. The van der Waals surface area contributed by atoms with E-state index in [4.69, 9.17) is 30.1 Å². The summed E-state index contributed by atoms with van der Waals surface area (Å²) < 4.78 is 9.98. The molecular formula is C72H150B2O6Sn3. The van der Waals surface area contributed by atoms with Crippen molar-refractivity contribution in [2.24, 2.45) is 0 Å². The molecule has 0 aliphatic carbocycles. The van der Waals surface area contributed by atoms with Gasteiger partial charge in [0.15, 0.2) is 0 Å². The van der Waals surface area contributed by atoms with Crippen LogP contribution >= 0.6 is 0 Å². The van der Waals surface area contributed by atoms with E-state index in [1.165, 1.54) is 347 Å². The van der Waals surface area contributed by atoms with Crippen molar-refractivity contribution in [3.05, 3.63) is 0 Å². The van der Waals surface area contributed by atoms with Crippen LogP contribution in [-0.2, 0) is 0 Å². The molecule has 0 N–H and O–H groups in total. The van der Waals surface area contributed by atoms with Crippen molar-refractivity contribution in [1.82, 2.24) is 0 Å². The fraction of sp³-hybridized carbons (Fsp3) is 1.00. The van der Waals surface area contributed by atoms with Gasteiger partial charge in [-0.25, -0.2) is 0 Å². The van der Waals surface area contributed by atoms with Crippen molar-refractivity contribution in [2.75, 3.05) is 0 Å². The third kappa shape index (κ3) is 122. The summed E-state index contributed by atoms with van der Waals surface area (Å²) in [5.74, 6) is 0. The van der Waals surface area contributed by atoms with Crippen molar-refractivity contribution < 1.29 is 30.1 Å². The monoisotopic (exact) mass is 1490 g/mol. The molecule has 0 saturated carbocycles. The molecule has 0 heterocycles. The summed E-state index contributed by atoms with van der Waals surface area (Å²) in [5.41, 5.74) is 0. The van der Waals surface area contributed by atoms with Gasteiger partial charge < -0.3 is 30.1 Å². The molecule has 0 fully saturated rings. The molecule has 0 aliphatic rings. The third-order valence-corrected chi connectivity index (χ3v) is 28.4. The fourth-order valence-corrected chi connectivity index (χ4v) is 21.5. The second-order valence-corrected chi connectivity index (χ2v) is 37.8. The van der Waals surface area contributed by atoms with Gasteiger partial charge in [0.25, 0.3) is 0 Å². The van der Waals surface area contributed by atoms with Crippen molar-refractivity contribution in [2.45, 2.75) is 453 Å². The molecule has 6 nitrogen and oxygen atoms in total. The average molecular weight is 1490 g/mol. The fourth-order valence-electron chi connectivity index (χ4n) is 10.8. The van der Waals surface area contributed by atoms with Gasteiger partial charge in [-0.3, -0.25) is 14.6 Å².